The molecule has 0 saturated heterocycles. The predicted octanol–water partition coefficient (Wildman–Crippen LogP) is 4.45. The zero-order valence-electron chi connectivity index (χ0n) is 17.4. The number of carbonyl (C=O) groups is 1. The number of unbranched alkanes of at least 4 members (excludes halogenated alkanes) is 1. The highest BCUT2D eigenvalue weighted by molar-refractivity contribution is 7.89. The molecule has 7 nitrogen and oxygen atoms in total. The molecule has 1 amide bonds. The molecule has 2 N–H and O–H groups in total. The number of hydrogen-bond acceptors (Lipinski definition) is 6. The van der Waals surface area contributed by atoms with Crippen LogP contribution in [0.2, 0.25) is 0 Å². The van der Waals surface area contributed by atoms with E-state index in [0.717, 1.165) is 23.6 Å². The summed E-state index contributed by atoms with van der Waals surface area (Å²) in [5.74, 6) is -0.128. The summed E-state index contributed by atoms with van der Waals surface area (Å²) in [5, 5.41) is 16.8. The van der Waals surface area contributed by atoms with Crippen molar-refractivity contribution in [1.29, 1.82) is 0 Å². The highest BCUT2D eigenvalue weighted by Crippen LogP contribution is 2.30. The van der Waals surface area contributed by atoms with E-state index in [9.17, 15) is 13.2 Å². The number of aromatic nitrogens is 2. The van der Waals surface area contributed by atoms with E-state index >= 15 is 0 Å². The van der Waals surface area contributed by atoms with E-state index in [1.54, 1.807) is 17.0 Å². The van der Waals surface area contributed by atoms with E-state index in [1.807, 2.05) is 42.5 Å². The number of primary sulfonamides is 1. The van der Waals surface area contributed by atoms with Gasteiger partial charge in [0.25, 0.3) is 5.91 Å². The summed E-state index contributed by atoms with van der Waals surface area (Å²) in [6.45, 7) is 2.60. The average Bonchev–Trinajstić information content (AvgIpc) is 3.28. The Morgan fingerprint density at radius 2 is 1.72 bits per heavy atom. The van der Waals surface area contributed by atoms with Crippen LogP contribution in [0.4, 0.5) is 5.13 Å². The molecule has 0 unspecified atom stereocenters. The molecule has 9 heteroatoms. The number of fused-ring (bicyclic) bond motifs is 1. The van der Waals surface area contributed by atoms with Gasteiger partial charge < -0.3 is 0 Å². The molecule has 0 atom stereocenters. The number of sulfonamides is 1. The van der Waals surface area contributed by atoms with Crippen molar-refractivity contribution >= 4 is 43.2 Å². The number of rotatable bonds is 7. The Bertz CT molecular complexity index is 1370. The largest absolute Gasteiger partial charge is 0.283 e. The third kappa shape index (κ3) is 4.69. The second kappa shape index (κ2) is 9.15. The van der Waals surface area contributed by atoms with E-state index in [4.69, 9.17) is 5.14 Å². The number of amides is 1. The quantitative estimate of drug-likeness (QED) is 0.433. The molecule has 1 aromatic heterocycles. The van der Waals surface area contributed by atoms with Crippen molar-refractivity contribution in [2.75, 3.05) is 11.4 Å². The van der Waals surface area contributed by atoms with Crippen molar-refractivity contribution in [3.8, 4) is 10.6 Å². The van der Waals surface area contributed by atoms with Crippen molar-refractivity contribution in [3.05, 3.63) is 72.3 Å². The first-order chi connectivity index (χ1) is 15.4. The minimum atomic E-state index is -3.76. The molecule has 4 aromatic rings. The van der Waals surface area contributed by atoms with Crippen LogP contribution in [0.5, 0.6) is 0 Å². The van der Waals surface area contributed by atoms with E-state index in [1.165, 1.54) is 23.5 Å². The topological polar surface area (TPSA) is 106 Å². The molecule has 0 spiro atoms. The van der Waals surface area contributed by atoms with E-state index in [2.05, 4.69) is 17.1 Å². The summed E-state index contributed by atoms with van der Waals surface area (Å²) < 4.78 is 22.9. The minimum Gasteiger partial charge on any atom is -0.283 e. The highest BCUT2D eigenvalue weighted by atomic mass is 32.2. The van der Waals surface area contributed by atoms with Crippen LogP contribution in [-0.4, -0.2) is 31.1 Å². The molecule has 1 heterocycles. The standard InChI is InChI=1S/C23H22N4O3S2/c1-2-3-14-27(22(28)19-9-8-16-6-4-5-7-18(16)15-19)23-26-25-21(31-23)17-10-12-20(13-11-17)32(24,29)30/h4-13,15H,2-3,14H2,1H3,(H2,24,29,30). The van der Waals surface area contributed by atoms with Gasteiger partial charge >= 0.3 is 0 Å². The fourth-order valence-electron chi connectivity index (χ4n) is 3.31. The van der Waals surface area contributed by atoms with Gasteiger partial charge in [-0.15, -0.1) is 10.2 Å². The Morgan fingerprint density at radius 3 is 2.41 bits per heavy atom. The molecule has 164 valence electrons. The summed E-state index contributed by atoms with van der Waals surface area (Å²) in [6, 6.07) is 19.7. The summed E-state index contributed by atoms with van der Waals surface area (Å²) in [5.41, 5.74) is 1.30. The minimum absolute atomic E-state index is 0.0297. The van der Waals surface area contributed by atoms with Gasteiger partial charge in [-0.3, -0.25) is 9.69 Å². The smallest absolute Gasteiger partial charge is 0.260 e. The number of nitrogens with two attached hydrogens (primary N) is 1. The van der Waals surface area contributed by atoms with E-state index in [-0.39, 0.29) is 10.8 Å². The Morgan fingerprint density at radius 1 is 1.00 bits per heavy atom. The maximum atomic E-state index is 13.4. The first-order valence-corrected chi connectivity index (χ1v) is 12.5. The lowest BCUT2D eigenvalue weighted by atomic mass is 10.1. The van der Waals surface area contributed by atoms with Crippen LogP contribution >= 0.6 is 11.3 Å². The van der Waals surface area contributed by atoms with Crippen LogP contribution in [0.1, 0.15) is 30.1 Å². The number of carbonyl (C=O) groups excluding carboxylic acids is 1. The number of nitrogens with zero attached hydrogens (tertiary/aromatic N) is 3. The molecule has 0 fully saturated rings. The fraction of sp³-hybridized carbons (Fsp3) is 0.174. The summed E-state index contributed by atoms with van der Waals surface area (Å²) in [6.07, 6.45) is 1.76. The molecule has 0 aliphatic carbocycles. The van der Waals surface area contributed by atoms with Crippen molar-refractivity contribution in [3.63, 3.8) is 0 Å². The van der Waals surface area contributed by atoms with Crippen molar-refractivity contribution in [1.82, 2.24) is 10.2 Å². The van der Waals surface area contributed by atoms with Crippen LogP contribution in [0.15, 0.2) is 71.6 Å². The fourth-order valence-corrected chi connectivity index (χ4v) is 4.70. The van der Waals surface area contributed by atoms with Crippen LogP contribution in [-0.2, 0) is 10.0 Å². The van der Waals surface area contributed by atoms with Crippen molar-refractivity contribution in [2.45, 2.75) is 24.7 Å². The normalized spacial score (nSPS) is 11.6. The molecule has 3 aromatic carbocycles. The van der Waals surface area contributed by atoms with Crippen LogP contribution in [0, 0.1) is 0 Å². The summed E-state index contributed by atoms with van der Waals surface area (Å²) >= 11 is 1.29. The molecule has 0 bridgehead atoms. The Balaban J connectivity index is 1.64. The third-order valence-electron chi connectivity index (χ3n) is 5.05. The first kappa shape index (κ1) is 22.1. The molecule has 0 radical (unpaired) electrons. The second-order valence-corrected chi connectivity index (χ2v) is 9.85. The van der Waals surface area contributed by atoms with Crippen molar-refractivity contribution in [2.24, 2.45) is 5.14 Å². The van der Waals surface area contributed by atoms with Gasteiger partial charge in [0, 0.05) is 17.7 Å². The Hall–Kier alpha value is -3.14. The first-order valence-electron chi connectivity index (χ1n) is 10.1. The number of hydrogen-bond donors (Lipinski definition) is 1. The van der Waals surface area contributed by atoms with E-state index < -0.39 is 10.0 Å². The van der Waals surface area contributed by atoms with Gasteiger partial charge in [-0.25, -0.2) is 13.6 Å². The summed E-state index contributed by atoms with van der Waals surface area (Å²) in [4.78, 5) is 15.1. The van der Waals surface area contributed by atoms with Crippen molar-refractivity contribution < 1.29 is 13.2 Å². The zero-order valence-corrected chi connectivity index (χ0v) is 19.1. The van der Waals surface area contributed by atoms with Gasteiger partial charge in [0.2, 0.25) is 15.2 Å². The molecule has 0 saturated carbocycles. The van der Waals surface area contributed by atoms with Crippen LogP contribution < -0.4 is 10.0 Å². The molecule has 0 aliphatic rings. The lowest BCUT2D eigenvalue weighted by Gasteiger charge is -2.19. The Labute approximate surface area is 190 Å². The zero-order chi connectivity index (χ0) is 22.7. The molecule has 0 aliphatic heterocycles. The molecular weight excluding hydrogens is 444 g/mol. The van der Waals surface area contributed by atoms with Gasteiger partial charge in [0.05, 0.1) is 4.90 Å². The SMILES string of the molecule is CCCCN(C(=O)c1ccc2ccccc2c1)c1nnc(-c2ccc(S(N)(=O)=O)cc2)s1. The Kier molecular flexibility index (Phi) is 6.31. The number of anilines is 1. The monoisotopic (exact) mass is 466 g/mol. The second-order valence-electron chi connectivity index (χ2n) is 7.33. The predicted molar refractivity (Wildman–Crippen MR) is 127 cm³/mol. The van der Waals surface area contributed by atoms with Gasteiger partial charge in [-0.05, 0) is 41.5 Å². The van der Waals surface area contributed by atoms with E-state index in [0.29, 0.717) is 27.8 Å². The highest BCUT2D eigenvalue weighted by Gasteiger charge is 2.22. The molecule has 4 rings (SSSR count). The lowest BCUT2D eigenvalue weighted by Crippen LogP contribution is -2.31. The lowest BCUT2D eigenvalue weighted by molar-refractivity contribution is 0.0986. The number of benzene rings is 3. The maximum Gasteiger partial charge on any atom is 0.260 e. The van der Waals surface area contributed by atoms with Gasteiger partial charge in [-0.1, -0.05) is 67.1 Å². The molecular formula is C23H22N4O3S2. The van der Waals surface area contributed by atoms with Crippen LogP contribution in [0.3, 0.4) is 0 Å². The van der Waals surface area contributed by atoms with Crippen LogP contribution in [0.25, 0.3) is 21.3 Å². The van der Waals surface area contributed by atoms with Gasteiger partial charge in [-0.2, -0.15) is 0 Å². The average molecular weight is 467 g/mol. The maximum absolute atomic E-state index is 13.4. The van der Waals surface area contributed by atoms with Gasteiger partial charge in [0.1, 0.15) is 5.01 Å². The van der Waals surface area contributed by atoms with Gasteiger partial charge in [0.15, 0.2) is 0 Å². The third-order valence-corrected chi connectivity index (χ3v) is 6.98. The molecule has 32 heavy (non-hydrogen) atoms. The summed E-state index contributed by atoms with van der Waals surface area (Å²) in [7, 11) is -3.76.